The molecule has 0 fully saturated rings. The average molecular weight is 274 g/mol. The van der Waals surface area contributed by atoms with Crippen LogP contribution >= 0.6 is 0 Å². The van der Waals surface area contributed by atoms with Gasteiger partial charge < -0.3 is 5.11 Å². The number of rotatable bonds is 2. The lowest BCUT2D eigenvalue weighted by atomic mass is 10.1. The van der Waals surface area contributed by atoms with Gasteiger partial charge in [-0.15, -0.1) is 0 Å². The Balaban J connectivity index is 2.38. The van der Waals surface area contributed by atoms with Gasteiger partial charge in [0, 0.05) is 11.8 Å². The summed E-state index contributed by atoms with van der Waals surface area (Å²) in [4.78, 5) is 15.4. The summed E-state index contributed by atoms with van der Waals surface area (Å²) in [7, 11) is 0. The molecule has 0 saturated heterocycles. The second-order valence-corrected chi connectivity index (χ2v) is 4.17. The standard InChI is InChI=1S/C14H8F2N2O2/c15-9-4-1-3-8(7-9)11-12(14(19)20)18-6-2-5-10(16)13(18)17-11/h1-7H,(H,19,20). The Morgan fingerprint density at radius 2 is 2.00 bits per heavy atom. The van der Waals surface area contributed by atoms with Crippen LogP contribution in [0.2, 0.25) is 0 Å². The predicted molar refractivity (Wildman–Crippen MR) is 67.5 cm³/mol. The molecule has 100 valence electrons. The van der Waals surface area contributed by atoms with Crippen molar-refractivity contribution in [2.24, 2.45) is 0 Å². The lowest BCUT2D eigenvalue weighted by molar-refractivity contribution is 0.0690. The molecule has 0 aliphatic carbocycles. The van der Waals surface area contributed by atoms with Crippen molar-refractivity contribution in [1.82, 2.24) is 9.38 Å². The third-order valence-electron chi connectivity index (χ3n) is 2.90. The molecule has 1 N–H and O–H groups in total. The third kappa shape index (κ3) is 1.82. The predicted octanol–water partition coefficient (Wildman–Crippen LogP) is 2.98. The molecule has 2 aromatic heterocycles. The Bertz CT molecular complexity index is 827. The van der Waals surface area contributed by atoms with Crippen LogP contribution < -0.4 is 0 Å². The molecule has 0 aliphatic rings. The SMILES string of the molecule is O=C(O)c1c(-c2cccc(F)c2)nc2c(F)cccn12. The highest BCUT2D eigenvalue weighted by atomic mass is 19.1. The summed E-state index contributed by atoms with van der Waals surface area (Å²) < 4.78 is 28.1. The number of hydrogen-bond donors (Lipinski definition) is 1. The number of pyridine rings is 1. The monoisotopic (exact) mass is 274 g/mol. The molecule has 4 nitrogen and oxygen atoms in total. The maximum atomic E-state index is 13.7. The number of hydrogen-bond acceptors (Lipinski definition) is 2. The van der Waals surface area contributed by atoms with Crippen molar-refractivity contribution in [3.8, 4) is 11.3 Å². The van der Waals surface area contributed by atoms with E-state index in [0.29, 0.717) is 0 Å². The Labute approximate surface area is 111 Å². The molecule has 6 heteroatoms. The summed E-state index contributed by atoms with van der Waals surface area (Å²) in [6.45, 7) is 0. The maximum Gasteiger partial charge on any atom is 0.355 e. The van der Waals surface area contributed by atoms with E-state index in [-0.39, 0.29) is 22.6 Å². The minimum absolute atomic E-state index is 0.0297. The molecule has 3 aromatic rings. The fourth-order valence-corrected chi connectivity index (χ4v) is 2.08. The van der Waals surface area contributed by atoms with Crippen LogP contribution in [0, 0.1) is 11.6 Å². The molecule has 0 aliphatic heterocycles. The zero-order valence-corrected chi connectivity index (χ0v) is 10.0. The van der Waals surface area contributed by atoms with E-state index >= 15 is 0 Å². The molecule has 0 saturated carbocycles. The van der Waals surface area contributed by atoms with E-state index < -0.39 is 17.6 Å². The van der Waals surface area contributed by atoms with Gasteiger partial charge in [-0.1, -0.05) is 12.1 Å². The van der Waals surface area contributed by atoms with Gasteiger partial charge in [0.2, 0.25) is 0 Å². The molecular weight excluding hydrogens is 266 g/mol. The molecule has 0 unspecified atom stereocenters. The van der Waals surface area contributed by atoms with Crippen LogP contribution in [-0.4, -0.2) is 20.5 Å². The van der Waals surface area contributed by atoms with Gasteiger partial charge >= 0.3 is 5.97 Å². The van der Waals surface area contributed by atoms with Gasteiger partial charge in [-0.05, 0) is 24.3 Å². The normalized spacial score (nSPS) is 10.9. The smallest absolute Gasteiger partial charge is 0.355 e. The van der Waals surface area contributed by atoms with Gasteiger partial charge in [0.05, 0.1) is 0 Å². The molecule has 20 heavy (non-hydrogen) atoms. The Morgan fingerprint density at radius 3 is 2.70 bits per heavy atom. The number of carbonyl (C=O) groups is 1. The van der Waals surface area contributed by atoms with Gasteiger partial charge in [0.1, 0.15) is 11.5 Å². The van der Waals surface area contributed by atoms with Crippen molar-refractivity contribution in [2.45, 2.75) is 0 Å². The Hall–Kier alpha value is -2.76. The van der Waals surface area contributed by atoms with Crippen molar-refractivity contribution in [2.75, 3.05) is 0 Å². The third-order valence-corrected chi connectivity index (χ3v) is 2.90. The number of carboxylic acid groups (broad SMARTS) is 1. The highest BCUT2D eigenvalue weighted by molar-refractivity contribution is 5.94. The number of aromatic nitrogens is 2. The van der Waals surface area contributed by atoms with Crippen LogP contribution in [-0.2, 0) is 0 Å². The minimum atomic E-state index is -1.26. The molecular formula is C14H8F2N2O2. The summed E-state index contributed by atoms with van der Waals surface area (Å²) in [5, 5.41) is 9.30. The topological polar surface area (TPSA) is 54.6 Å². The average Bonchev–Trinajstić information content (AvgIpc) is 2.79. The number of halogens is 2. The number of imidazole rings is 1. The van der Waals surface area contributed by atoms with Gasteiger partial charge in [0.25, 0.3) is 0 Å². The van der Waals surface area contributed by atoms with Crippen molar-refractivity contribution in [1.29, 1.82) is 0 Å². The molecule has 0 spiro atoms. The quantitative estimate of drug-likeness (QED) is 0.781. The maximum absolute atomic E-state index is 13.7. The first-order valence-corrected chi connectivity index (χ1v) is 5.74. The summed E-state index contributed by atoms with van der Waals surface area (Å²) in [5.41, 5.74) is 0.00172. The molecule has 1 aromatic carbocycles. The molecule has 0 radical (unpaired) electrons. The van der Waals surface area contributed by atoms with Gasteiger partial charge in [-0.2, -0.15) is 0 Å². The van der Waals surface area contributed by atoms with E-state index in [4.69, 9.17) is 0 Å². The van der Waals surface area contributed by atoms with Crippen LogP contribution in [0.3, 0.4) is 0 Å². The van der Waals surface area contributed by atoms with Crippen molar-refractivity contribution >= 4 is 11.6 Å². The van der Waals surface area contributed by atoms with E-state index in [1.54, 1.807) is 0 Å². The van der Waals surface area contributed by atoms with Crippen LogP contribution in [0.4, 0.5) is 8.78 Å². The molecule has 0 atom stereocenters. The fourth-order valence-electron chi connectivity index (χ4n) is 2.08. The summed E-state index contributed by atoms with van der Waals surface area (Å²) in [5.74, 6) is -2.42. The Kier molecular flexibility index (Phi) is 2.71. The van der Waals surface area contributed by atoms with Crippen molar-refractivity contribution in [3.05, 3.63) is 59.9 Å². The van der Waals surface area contributed by atoms with Gasteiger partial charge in [0.15, 0.2) is 17.2 Å². The molecule has 3 rings (SSSR count). The van der Waals surface area contributed by atoms with Crippen LogP contribution in [0.1, 0.15) is 10.5 Å². The lowest BCUT2D eigenvalue weighted by Crippen LogP contribution is -2.03. The van der Waals surface area contributed by atoms with E-state index in [0.717, 1.165) is 10.5 Å². The second-order valence-electron chi connectivity index (χ2n) is 4.17. The van der Waals surface area contributed by atoms with E-state index in [1.807, 2.05) is 0 Å². The van der Waals surface area contributed by atoms with Crippen LogP contribution in [0.5, 0.6) is 0 Å². The van der Waals surface area contributed by atoms with E-state index in [2.05, 4.69) is 4.98 Å². The number of benzene rings is 1. The largest absolute Gasteiger partial charge is 0.476 e. The lowest BCUT2D eigenvalue weighted by Gasteiger charge is -2.00. The number of fused-ring (bicyclic) bond motifs is 1. The number of nitrogens with zero attached hydrogens (tertiary/aromatic N) is 2. The van der Waals surface area contributed by atoms with Crippen molar-refractivity contribution in [3.63, 3.8) is 0 Å². The number of aromatic carboxylic acids is 1. The van der Waals surface area contributed by atoms with Gasteiger partial charge in [-0.3, -0.25) is 4.40 Å². The molecule has 0 amide bonds. The van der Waals surface area contributed by atoms with E-state index in [1.165, 1.54) is 36.5 Å². The van der Waals surface area contributed by atoms with Crippen LogP contribution in [0.15, 0.2) is 42.6 Å². The summed E-state index contributed by atoms with van der Waals surface area (Å²) in [6.07, 6.45) is 1.40. The highest BCUT2D eigenvalue weighted by Gasteiger charge is 2.21. The first kappa shape index (κ1) is 12.3. The molecule has 2 heterocycles. The van der Waals surface area contributed by atoms with E-state index in [9.17, 15) is 18.7 Å². The minimum Gasteiger partial charge on any atom is -0.476 e. The summed E-state index contributed by atoms with van der Waals surface area (Å²) in [6, 6.07) is 7.92. The summed E-state index contributed by atoms with van der Waals surface area (Å²) >= 11 is 0. The first-order valence-electron chi connectivity index (χ1n) is 5.74. The van der Waals surface area contributed by atoms with Gasteiger partial charge in [-0.25, -0.2) is 18.6 Å². The van der Waals surface area contributed by atoms with Crippen molar-refractivity contribution < 1.29 is 18.7 Å². The zero-order valence-electron chi connectivity index (χ0n) is 10.0. The number of carboxylic acids is 1. The zero-order chi connectivity index (χ0) is 14.3. The van der Waals surface area contributed by atoms with Crippen LogP contribution in [0.25, 0.3) is 16.9 Å². The highest BCUT2D eigenvalue weighted by Crippen LogP contribution is 2.26. The molecule has 0 bridgehead atoms. The Morgan fingerprint density at radius 1 is 1.20 bits per heavy atom. The first-order chi connectivity index (χ1) is 9.58. The second kappa shape index (κ2) is 4.41. The fraction of sp³-hybridized carbons (Fsp3) is 0.